The van der Waals surface area contributed by atoms with E-state index in [1.54, 1.807) is 42.6 Å². The molecule has 2 rings (SSSR count). The summed E-state index contributed by atoms with van der Waals surface area (Å²) in [6.07, 6.45) is 1.63. The monoisotopic (exact) mass is 287 g/mol. The van der Waals surface area contributed by atoms with E-state index in [0.29, 0.717) is 17.1 Å². The molecule has 6 heteroatoms. The molecule has 5 nitrogen and oxygen atoms in total. The van der Waals surface area contributed by atoms with Gasteiger partial charge in [0.05, 0.1) is 12.7 Å². The van der Waals surface area contributed by atoms with E-state index in [9.17, 15) is 4.79 Å². The number of rotatable bonds is 3. The van der Waals surface area contributed by atoms with E-state index in [2.05, 4.69) is 15.6 Å². The summed E-state index contributed by atoms with van der Waals surface area (Å²) >= 11 is 5.07. The first-order valence-corrected chi connectivity index (χ1v) is 6.28. The van der Waals surface area contributed by atoms with Crippen molar-refractivity contribution in [2.75, 3.05) is 12.4 Å². The Morgan fingerprint density at radius 2 is 1.95 bits per heavy atom. The van der Waals surface area contributed by atoms with Crippen molar-refractivity contribution in [3.63, 3.8) is 0 Å². The second kappa shape index (κ2) is 6.63. The molecule has 0 bridgehead atoms. The van der Waals surface area contributed by atoms with E-state index in [-0.39, 0.29) is 11.0 Å². The van der Waals surface area contributed by atoms with Crippen molar-refractivity contribution in [1.29, 1.82) is 0 Å². The zero-order valence-corrected chi connectivity index (χ0v) is 11.6. The van der Waals surface area contributed by atoms with Crippen LogP contribution in [0.25, 0.3) is 0 Å². The van der Waals surface area contributed by atoms with Gasteiger partial charge in [0.15, 0.2) is 5.11 Å². The largest absolute Gasteiger partial charge is 0.496 e. The van der Waals surface area contributed by atoms with Gasteiger partial charge in [-0.25, -0.2) is 4.98 Å². The number of carbonyl (C=O) groups excluding carboxylic acids is 1. The Morgan fingerprint density at radius 3 is 2.65 bits per heavy atom. The average molecular weight is 287 g/mol. The number of thiocarbonyl (C=S) groups is 1. The van der Waals surface area contributed by atoms with E-state index in [1.807, 2.05) is 6.07 Å². The maximum Gasteiger partial charge on any atom is 0.261 e. The van der Waals surface area contributed by atoms with E-state index < -0.39 is 0 Å². The fraction of sp³-hybridized carbons (Fsp3) is 0.0714. The van der Waals surface area contributed by atoms with Crippen LogP contribution in [-0.2, 0) is 0 Å². The average Bonchev–Trinajstić information content (AvgIpc) is 2.48. The Hall–Kier alpha value is -2.47. The van der Waals surface area contributed by atoms with Crippen LogP contribution in [-0.4, -0.2) is 23.1 Å². The van der Waals surface area contributed by atoms with Gasteiger partial charge in [-0.05, 0) is 36.5 Å². The lowest BCUT2D eigenvalue weighted by molar-refractivity contribution is 0.0975. The number of benzene rings is 1. The highest BCUT2D eigenvalue weighted by atomic mass is 32.1. The van der Waals surface area contributed by atoms with Crippen molar-refractivity contribution in [2.45, 2.75) is 0 Å². The number of methoxy groups -OCH3 is 1. The zero-order chi connectivity index (χ0) is 14.4. The molecule has 0 atom stereocenters. The molecule has 2 N–H and O–H groups in total. The molecule has 1 heterocycles. The first-order valence-electron chi connectivity index (χ1n) is 5.87. The standard InChI is InChI=1S/C14H13N3O2S/c1-19-11-7-3-2-6-10(11)13(18)17-14(20)16-12-8-4-5-9-15-12/h2-9H,1H3,(H2,15,16,17,18,20). The fourth-order valence-corrected chi connectivity index (χ4v) is 1.78. The second-order valence-corrected chi connectivity index (χ2v) is 4.23. The lowest BCUT2D eigenvalue weighted by Crippen LogP contribution is -2.34. The van der Waals surface area contributed by atoms with Crippen LogP contribution in [0, 0.1) is 0 Å². The molecular formula is C14H13N3O2S. The molecule has 1 aromatic heterocycles. The summed E-state index contributed by atoms with van der Waals surface area (Å²) in [5.74, 6) is 0.722. The van der Waals surface area contributed by atoms with Crippen LogP contribution < -0.4 is 15.4 Å². The van der Waals surface area contributed by atoms with E-state index in [4.69, 9.17) is 17.0 Å². The molecule has 0 spiro atoms. The molecule has 0 aliphatic rings. The predicted octanol–water partition coefficient (Wildman–Crippen LogP) is 2.22. The lowest BCUT2D eigenvalue weighted by atomic mass is 10.2. The number of pyridine rings is 1. The Labute approximate surface area is 122 Å². The van der Waals surface area contributed by atoms with Crippen LogP contribution in [0.3, 0.4) is 0 Å². The van der Waals surface area contributed by atoms with Crippen LogP contribution in [0.1, 0.15) is 10.4 Å². The first kappa shape index (κ1) is 14.0. The smallest absolute Gasteiger partial charge is 0.261 e. The number of nitrogens with one attached hydrogen (secondary N) is 2. The topological polar surface area (TPSA) is 63.2 Å². The molecule has 0 saturated heterocycles. The predicted molar refractivity (Wildman–Crippen MR) is 80.9 cm³/mol. The van der Waals surface area contributed by atoms with Crippen molar-refractivity contribution >= 4 is 29.1 Å². The summed E-state index contributed by atoms with van der Waals surface area (Å²) in [6, 6.07) is 12.3. The molecule has 1 amide bonds. The van der Waals surface area contributed by atoms with Crippen molar-refractivity contribution in [2.24, 2.45) is 0 Å². The highest BCUT2D eigenvalue weighted by molar-refractivity contribution is 7.80. The van der Waals surface area contributed by atoms with Gasteiger partial charge in [0, 0.05) is 6.20 Å². The van der Waals surface area contributed by atoms with E-state index in [1.165, 1.54) is 7.11 Å². The summed E-state index contributed by atoms with van der Waals surface area (Å²) in [7, 11) is 1.51. The van der Waals surface area contributed by atoms with Gasteiger partial charge in [-0.2, -0.15) is 0 Å². The summed E-state index contributed by atoms with van der Waals surface area (Å²) in [5.41, 5.74) is 0.417. The van der Waals surface area contributed by atoms with Crippen LogP contribution in [0.2, 0.25) is 0 Å². The van der Waals surface area contributed by atoms with Crippen LogP contribution in [0.15, 0.2) is 48.7 Å². The molecule has 0 aliphatic heterocycles. The van der Waals surface area contributed by atoms with Gasteiger partial charge >= 0.3 is 0 Å². The van der Waals surface area contributed by atoms with Gasteiger partial charge in [0.1, 0.15) is 11.6 Å². The minimum absolute atomic E-state index is 0.180. The summed E-state index contributed by atoms with van der Waals surface area (Å²) < 4.78 is 5.13. The molecule has 0 fully saturated rings. The summed E-state index contributed by atoms with van der Waals surface area (Å²) in [6.45, 7) is 0. The molecule has 0 saturated carbocycles. The Balaban J connectivity index is 2.02. The number of anilines is 1. The zero-order valence-electron chi connectivity index (χ0n) is 10.8. The summed E-state index contributed by atoms with van der Waals surface area (Å²) in [4.78, 5) is 16.1. The van der Waals surface area contributed by atoms with Crippen LogP contribution in [0.4, 0.5) is 5.82 Å². The third-order valence-electron chi connectivity index (χ3n) is 2.49. The number of nitrogens with zero attached hydrogens (tertiary/aromatic N) is 1. The van der Waals surface area contributed by atoms with E-state index >= 15 is 0 Å². The highest BCUT2D eigenvalue weighted by Gasteiger charge is 2.12. The molecular weight excluding hydrogens is 274 g/mol. The molecule has 0 radical (unpaired) electrons. The minimum Gasteiger partial charge on any atom is -0.496 e. The number of ether oxygens (including phenoxy) is 1. The van der Waals surface area contributed by atoms with Crippen LogP contribution >= 0.6 is 12.2 Å². The maximum absolute atomic E-state index is 12.1. The van der Waals surface area contributed by atoms with Gasteiger partial charge in [-0.15, -0.1) is 0 Å². The number of carbonyl (C=O) groups is 1. The molecule has 0 unspecified atom stereocenters. The van der Waals surface area contributed by atoms with Gasteiger partial charge in [0.25, 0.3) is 5.91 Å². The molecule has 1 aromatic carbocycles. The number of hydrogen-bond donors (Lipinski definition) is 2. The highest BCUT2D eigenvalue weighted by Crippen LogP contribution is 2.16. The third kappa shape index (κ3) is 3.52. The molecule has 102 valence electrons. The lowest BCUT2D eigenvalue weighted by Gasteiger charge is -2.10. The van der Waals surface area contributed by atoms with Crippen LogP contribution in [0.5, 0.6) is 5.75 Å². The van der Waals surface area contributed by atoms with Gasteiger partial charge in [-0.1, -0.05) is 18.2 Å². The fourth-order valence-electron chi connectivity index (χ4n) is 1.59. The molecule has 0 aliphatic carbocycles. The number of amides is 1. The SMILES string of the molecule is COc1ccccc1C(=O)NC(=S)Nc1ccccn1. The van der Waals surface area contributed by atoms with Crippen molar-refractivity contribution in [3.05, 3.63) is 54.2 Å². The van der Waals surface area contributed by atoms with Crippen molar-refractivity contribution < 1.29 is 9.53 Å². The quantitative estimate of drug-likeness (QED) is 0.848. The molecule has 20 heavy (non-hydrogen) atoms. The van der Waals surface area contributed by atoms with E-state index in [0.717, 1.165) is 0 Å². The normalized spacial score (nSPS) is 9.65. The third-order valence-corrected chi connectivity index (χ3v) is 2.69. The number of para-hydroxylation sites is 1. The van der Waals surface area contributed by atoms with Crippen molar-refractivity contribution in [1.82, 2.24) is 10.3 Å². The number of hydrogen-bond acceptors (Lipinski definition) is 4. The minimum atomic E-state index is -0.337. The first-order chi connectivity index (χ1) is 9.70. The van der Waals surface area contributed by atoms with Gasteiger partial charge < -0.3 is 10.1 Å². The second-order valence-electron chi connectivity index (χ2n) is 3.82. The molecule has 2 aromatic rings. The Kier molecular flexibility index (Phi) is 4.62. The maximum atomic E-state index is 12.1. The van der Waals surface area contributed by atoms with Gasteiger partial charge in [0.2, 0.25) is 0 Å². The number of aromatic nitrogens is 1. The Bertz CT molecular complexity index is 617. The summed E-state index contributed by atoms with van der Waals surface area (Å²) in [5, 5.41) is 5.59. The van der Waals surface area contributed by atoms with Gasteiger partial charge in [-0.3, -0.25) is 10.1 Å². The van der Waals surface area contributed by atoms with Crippen molar-refractivity contribution in [3.8, 4) is 5.75 Å². The Morgan fingerprint density at radius 1 is 1.20 bits per heavy atom.